The third-order valence-electron chi connectivity index (χ3n) is 4.81. The van der Waals surface area contributed by atoms with E-state index in [1.807, 2.05) is 4.68 Å². The highest BCUT2D eigenvalue weighted by molar-refractivity contribution is 5.61. The van der Waals surface area contributed by atoms with Gasteiger partial charge in [0, 0.05) is 51.0 Å². The van der Waals surface area contributed by atoms with Crippen LogP contribution in [0.5, 0.6) is 0 Å². The summed E-state index contributed by atoms with van der Waals surface area (Å²) in [6, 6.07) is 8.74. The van der Waals surface area contributed by atoms with Crippen LogP contribution in [0.15, 0.2) is 24.3 Å². The maximum Gasteiger partial charge on any atom is 0.158 e. The molecule has 0 atom stereocenters. The van der Waals surface area contributed by atoms with Crippen molar-refractivity contribution < 1.29 is 4.74 Å². The average molecular weight is 358 g/mol. The number of methoxy groups -OCH3 is 1. The minimum atomic E-state index is -0.121. The average Bonchev–Trinajstić information content (AvgIpc) is 3.05. The van der Waals surface area contributed by atoms with Gasteiger partial charge in [-0.1, -0.05) is 0 Å². The van der Waals surface area contributed by atoms with Crippen LogP contribution in [-0.4, -0.2) is 66.6 Å². The lowest BCUT2D eigenvalue weighted by molar-refractivity contribution is 0.200. The van der Waals surface area contributed by atoms with Crippen LogP contribution in [0, 0.1) is 0 Å². The highest BCUT2D eigenvalue weighted by Crippen LogP contribution is 2.26. The first-order chi connectivity index (χ1) is 12.4. The van der Waals surface area contributed by atoms with E-state index in [4.69, 9.17) is 14.8 Å². The summed E-state index contributed by atoms with van der Waals surface area (Å²) in [5, 5.41) is 4.73. The second-order valence-electron chi connectivity index (χ2n) is 8.01. The molecule has 2 aromatic rings. The number of benzene rings is 1. The third-order valence-corrected chi connectivity index (χ3v) is 4.81. The molecule has 1 aliphatic rings. The van der Waals surface area contributed by atoms with Crippen LogP contribution >= 0.6 is 0 Å². The lowest BCUT2D eigenvalue weighted by Crippen LogP contribution is -2.44. The fraction of sp³-hybridized carbons (Fsp3) is 0.600. The number of likely N-dealkylation sites (N-methyl/N-ethyl adjacent to an activating group) is 1. The van der Waals surface area contributed by atoms with Crippen molar-refractivity contribution in [3.8, 4) is 11.4 Å². The smallest absolute Gasteiger partial charge is 0.158 e. The van der Waals surface area contributed by atoms with Crippen molar-refractivity contribution in [3.05, 3.63) is 30.1 Å². The molecular weight excluding hydrogens is 326 g/mol. The molecule has 0 bridgehead atoms. The monoisotopic (exact) mass is 357 g/mol. The molecule has 0 saturated carbocycles. The summed E-state index contributed by atoms with van der Waals surface area (Å²) in [5.74, 6) is 1.76. The molecule has 1 saturated heterocycles. The molecule has 6 heteroatoms. The molecule has 0 N–H and O–H groups in total. The first-order valence-electron chi connectivity index (χ1n) is 9.38. The minimum Gasteiger partial charge on any atom is -0.384 e. The fourth-order valence-electron chi connectivity index (χ4n) is 3.19. The van der Waals surface area contributed by atoms with E-state index >= 15 is 0 Å². The van der Waals surface area contributed by atoms with Gasteiger partial charge in [0.05, 0.1) is 12.1 Å². The van der Waals surface area contributed by atoms with Crippen molar-refractivity contribution in [3.63, 3.8) is 0 Å². The van der Waals surface area contributed by atoms with Crippen LogP contribution < -0.4 is 4.90 Å². The Hall–Kier alpha value is -1.92. The van der Waals surface area contributed by atoms with Gasteiger partial charge in [-0.05, 0) is 52.1 Å². The van der Waals surface area contributed by atoms with E-state index in [1.165, 1.54) is 5.69 Å². The van der Waals surface area contributed by atoms with Crippen LogP contribution in [0.2, 0.25) is 0 Å². The third kappa shape index (κ3) is 4.24. The van der Waals surface area contributed by atoms with Crippen molar-refractivity contribution >= 4 is 5.69 Å². The SMILES string of the molecule is COCCc1nc(-c2ccc(N3CCN(C)CC3)cc2)n(C(C)(C)C)n1. The van der Waals surface area contributed by atoms with Crippen LogP contribution in [0.25, 0.3) is 11.4 Å². The Bertz CT molecular complexity index is 709. The van der Waals surface area contributed by atoms with Gasteiger partial charge < -0.3 is 14.5 Å². The van der Waals surface area contributed by atoms with Crippen LogP contribution in [0.1, 0.15) is 26.6 Å². The van der Waals surface area contributed by atoms with Crippen LogP contribution in [0.3, 0.4) is 0 Å². The summed E-state index contributed by atoms with van der Waals surface area (Å²) < 4.78 is 7.21. The highest BCUT2D eigenvalue weighted by Gasteiger charge is 2.22. The van der Waals surface area contributed by atoms with Gasteiger partial charge in [0.25, 0.3) is 0 Å². The molecular formula is C20H31N5O. The van der Waals surface area contributed by atoms with Gasteiger partial charge in [-0.25, -0.2) is 9.67 Å². The number of hydrogen-bond donors (Lipinski definition) is 0. The zero-order valence-electron chi connectivity index (χ0n) is 16.7. The Kier molecular flexibility index (Phi) is 5.63. The number of rotatable bonds is 5. The predicted octanol–water partition coefficient (Wildman–Crippen LogP) is 2.64. The molecule has 0 aliphatic carbocycles. The maximum atomic E-state index is 5.18. The van der Waals surface area contributed by atoms with E-state index in [0.29, 0.717) is 6.61 Å². The zero-order chi connectivity index (χ0) is 18.7. The van der Waals surface area contributed by atoms with Crippen molar-refractivity contribution in [1.82, 2.24) is 19.7 Å². The zero-order valence-corrected chi connectivity index (χ0v) is 16.7. The molecule has 1 aromatic carbocycles. The Morgan fingerprint density at radius 2 is 1.69 bits per heavy atom. The van der Waals surface area contributed by atoms with E-state index in [1.54, 1.807) is 7.11 Å². The normalized spacial score (nSPS) is 16.3. The largest absolute Gasteiger partial charge is 0.384 e. The first kappa shape index (κ1) is 18.9. The van der Waals surface area contributed by atoms with E-state index < -0.39 is 0 Å². The van der Waals surface area contributed by atoms with E-state index in [-0.39, 0.29) is 5.54 Å². The predicted molar refractivity (Wildman–Crippen MR) is 106 cm³/mol. The van der Waals surface area contributed by atoms with Gasteiger partial charge in [-0.3, -0.25) is 0 Å². The summed E-state index contributed by atoms with van der Waals surface area (Å²) in [6.07, 6.45) is 0.728. The lowest BCUT2D eigenvalue weighted by atomic mass is 10.1. The fourth-order valence-corrected chi connectivity index (χ4v) is 3.19. The van der Waals surface area contributed by atoms with E-state index in [0.717, 1.165) is 49.8 Å². The summed E-state index contributed by atoms with van der Waals surface area (Å²) in [5.41, 5.74) is 2.27. The van der Waals surface area contributed by atoms with Gasteiger partial charge in [0.15, 0.2) is 11.6 Å². The Balaban J connectivity index is 1.85. The molecule has 0 spiro atoms. The molecule has 3 rings (SSSR count). The van der Waals surface area contributed by atoms with Crippen molar-refractivity contribution in [2.24, 2.45) is 0 Å². The summed E-state index contributed by atoms with van der Waals surface area (Å²) in [4.78, 5) is 9.61. The standard InChI is InChI=1S/C20H31N5O/c1-20(2,3)25-19(21-18(22-25)10-15-26-5)16-6-8-17(9-7-16)24-13-11-23(4)12-14-24/h6-9H,10-15H2,1-5H3. The highest BCUT2D eigenvalue weighted by atomic mass is 16.5. The second kappa shape index (κ2) is 7.76. The number of piperazine rings is 1. The number of ether oxygens (including phenoxy) is 1. The number of anilines is 1. The molecule has 1 aromatic heterocycles. The molecule has 0 unspecified atom stereocenters. The Morgan fingerprint density at radius 1 is 1.04 bits per heavy atom. The Morgan fingerprint density at radius 3 is 2.27 bits per heavy atom. The summed E-state index contributed by atoms with van der Waals surface area (Å²) in [6.45, 7) is 11.5. The topological polar surface area (TPSA) is 46.4 Å². The molecule has 0 radical (unpaired) electrons. The van der Waals surface area contributed by atoms with Gasteiger partial charge >= 0.3 is 0 Å². The molecule has 0 amide bonds. The van der Waals surface area contributed by atoms with E-state index in [2.05, 4.69) is 61.9 Å². The molecule has 6 nitrogen and oxygen atoms in total. The second-order valence-corrected chi connectivity index (χ2v) is 8.01. The lowest BCUT2D eigenvalue weighted by Gasteiger charge is -2.34. The van der Waals surface area contributed by atoms with Crippen LogP contribution in [-0.2, 0) is 16.7 Å². The van der Waals surface area contributed by atoms with Crippen molar-refractivity contribution in [1.29, 1.82) is 0 Å². The van der Waals surface area contributed by atoms with Gasteiger partial charge in [0.1, 0.15) is 0 Å². The van der Waals surface area contributed by atoms with Gasteiger partial charge in [-0.2, -0.15) is 5.10 Å². The van der Waals surface area contributed by atoms with Gasteiger partial charge in [0.2, 0.25) is 0 Å². The minimum absolute atomic E-state index is 0.121. The van der Waals surface area contributed by atoms with Crippen molar-refractivity contribution in [2.75, 3.05) is 51.8 Å². The van der Waals surface area contributed by atoms with E-state index in [9.17, 15) is 0 Å². The number of hydrogen-bond acceptors (Lipinski definition) is 5. The molecule has 142 valence electrons. The molecule has 1 fully saturated rings. The molecule has 26 heavy (non-hydrogen) atoms. The number of nitrogens with zero attached hydrogens (tertiary/aromatic N) is 5. The van der Waals surface area contributed by atoms with Crippen LogP contribution in [0.4, 0.5) is 5.69 Å². The maximum absolute atomic E-state index is 5.18. The Labute approximate surface area is 156 Å². The molecule has 1 aliphatic heterocycles. The summed E-state index contributed by atoms with van der Waals surface area (Å²) >= 11 is 0. The molecule has 2 heterocycles. The van der Waals surface area contributed by atoms with Gasteiger partial charge in [-0.15, -0.1) is 0 Å². The quantitative estimate of drug-likeness (QED) is 0.823. The number of aromatic nitrogens is 3. The first-order valence-corrected chi connectivity index (χ1v) is 9.38. The summed E-state index contributed by atoms with van der Waals surface area (Å²) in [7, 11) is 3.89. The van der Waals surface area contributed by atoms with Crippen molar-refractivity contribution in [2.45, 2.75) is 32.7 Å².